The van der Waals surface area contributed by atoms with Gasteiger partial charge in [0.15, 0.2) is 0 Å². The Labute approximate surface area is 102 Å². The third kappa shape index (κ3) is 2.83. The minimum Gasteiger partial charge on any atom is -0.309 e. The van der Waals surface area contributed by atoms with E-state index in [-0.39, 0.29) is 5.41 Å². The second kappa shape index (κ2) is 4.84. The van der Waals surface area contributed by atoms with Gasteiger partial charge >= 0.3 is 0 Å². The molecule has 1 fully saturated rings. The SMILES string of the molecule is CC(C)(C)c1ncsc1CNC1CCCC1. The lowest BCUT2D eigenvalue weighted by Gasteiger charge is -2.19. The van der Waals surface area contributed by atoms with Crippen molar-refractivity contribution in [2.75, 3.05) is 0 Å². The fraction of sp³-hybridized carbons (Fsp3) is 0.769. The Morgan fingerprint density at radius 1 is 1.38 bits per heavy atom. The molecule has 1 aromatic heterocycles. The van der Waals surface area contributed by atoms with E-state index in [1.807, 2.05) is 5.51 Å². The summed E-state index contributed by atoms with van der Waals surface area (Å²) in [5, 5.41) is 3.67. The van der Waals surface area contributed by atoms with E-state index in [0.29, 0.717) is 0 Å². The van der Waals surface area contributed by atoms with Gasteiger partial charge in [-0.05, 0) is 12.8 Å². The Balaban J connectivity index is 1.96. The van der Waals surface area contributed by atoms with E-state index in [4.69, 9.17) is 0 Å². The molecule has 0 bridgehead atoms. The third-order valence-corrected chi connectivity index (χ3v) is 4.09. The molecule has 16 heavy (non-hydrogen) atoms. The van der Waals surface area contributed by atoms with Gasteiger partial charge in [-0.3, -0.25) is 0 Å². The van der Waals surface area contributed by atoms with Crippen LogP contribution in [0.1, 0.15) is 57.0 Å². The second-order valence-electron chi connectivity index (χ2n) is 5.74. The Bertz CT molecular complexity index is 332. The number of nitrogens with zero attached hydrogens (tertiary/aromatic N) is 1. The van der Waals surface area contributed by atoms with Gasteiger partial charge in [-0.1, -0.05) is 33.6 Å². The number of rotatable bonds is 3. The van der Waals surface area contributed by atoms with Crippen molar-refractivity contribution in [3.63, 3.8) is 0 Å². The van der Waals surface area contributed by atoms with Crippen LogP contribution < -0.4 is 5.32 Å². The minimum absolute atomic E-state index is 0.173. The Kier molecular flexibility index (Phi) is 3.65. The monoisotopic (exact) mass is 238 g/mol. The van der Waals surface area contributed by atoms with Crippen molar-refractivity contribution in [1.82, 2.24) is 10.3 Å². The summed E-state index contributed by atoms with van der Waals surface area (Å²) < 4.78 is 0. The fourth-order valence-corrected chi connectivity index (χ4v) is 3.30. The Hall–Kier alpha value is -0.410. The maximum atomic E-state index is 4.51. The van der Waals surface area contributed by atoms with Crippen LogP contribution in [0.3, 0.4) is 0 Å². The quantitative estimate of drug-likeness (QED) is 0.872. The molecule has 1 aliphatic rings. The van der Waals surface area contributed by atoms with E-state index in [9.17, 15) is 0 Å². The number of hydrogen-bond acceptors (Lipinski definition) is 3. The molecule has 0 aromatic carbocycles. The summed E-state index contributed by atoms with van der Waals surface area (Å²) in [6, 6.07) is 0.745. The van der Waals surface area contributed by atoms with E-state index in [1.165, 1.54) is 36.3 Å². The summed E-state index contributed by atoms with van der Waals surface area (Å²) in [4.78, 5) is 5.93. The first-order chi connectivity index (χ1) is 7.57. The van der Waals surface area contributed by atoms with E-state index in [0.717, 1.165) is 12.6 Å². The third-order valence-electron chi connectivity index (χ3n) is 3.26. The molecule has 0 saturated heterocycles. The highest BCUT2D eigenvalue weighted by Gasteiger charge is 2.21. The van der Waals surface area contributed by atoms with Crippen LogP contribution in [-0.2, 0) is 12.0 Å². The molecule has 1 saturated carbocycles. The van der Waals surface area contributed by atoms with Crippen molar-refractivity contribution < 1.29 is 0 Å². The zero-order valence-electron chi connectivity index (χ0n) is 10.5. The fourth-order valence-electron chi connectivity index (χ4n) is 2.37. The zero-order valence-corrected chi connectivity index (χ0v) is 11.4. The molecule has 0 spiro atoms. The highest BCUT2D eigenvalue weighted by Crippen LogP contribution is 2.27. The molecule has 1 heterocycles. The van der Waals surface area contributed by atoms with Crippen molar-refractivity contribution >= 4 is 11.3 Å². The van der Waals surface area contributed by atoms with E-state index in [2.05, 4.69) is 31.1 Å². The average Bonchev–Trinajstić information content (AvgIpc) is 2.85. The summed E-state index contributed by atoms with van der Waals surface area (Å²) in [5.74, 6) is 0. The molecule has 1 N–H and O–H groups in total. The number of hydrogen-bond donors (Lipinski definition) is 1. The van der Waals surface area contributed by atoms with Crippen LogP contribution in [0.25, 0.3) is 0 Å². The molecule has 0 aliphatic heterocycles. The van der Waals surface area contributed by atoms with Crippen LogP contribution in [0.5, 0.6) is 0 Å². The van der Waals surface area contributed by atoms with Crippen LogP contribution in [0.4, 0.5) is 0 Å². The molecule has 2 rings (SSSR count). The average molecular weight is 238 g/mol. The van der Waals surface area contributed by atoms with Crippen molar-refractivity contribution in [1.29, 1.82) is 0 Å². The molecule has 2 nitrogen and oxygen atoms in total. The predicted molar refractivity (Wildman–Crippen MR) is 69.9 cm³/mol. The maximum absolute atomic E-state index is 4.51. The van der Waals surface area contributed by atoms with Gasteiger partial charge in [-0.15, -0.1) is 11.3 Å². The first-order valence-corrected chi connectivity index (χ1v) is 7.11. The lowest BCUT2D eigenvalue weighted by molar-refractivity contribution is 0.513. The topological polar surface area (TPSA) is 24.9 Å². The van der Waals surface area contributed by atoms with E-state index >= 15 is 0 Å². The summed E-state index contributed by atoms with van der Waals surface area (Å²) >= 11 is 1.79. The van der Waals surface area contributed by atoms with Gasteiger partial charge in [0, 0.05) is 22.9 Å². The summed E-state index contributed by atoms with van der Waals surface area (Å²) in [5.41, 5.74) is 3.42. The number of nitrogens with one attached hydrogen (secondary N) is 1. The van der Waals surface area contributed by atoms with Gasteiger partial charge in [-0.2, -0.15) is 0 Å². The molecule has 1 aliphatic carbocycles. The number of aromatic nitrogens is 1. The molecule has 3 heteroatoms. The summed E-state index contributed by atoms with van der Waals surface area (Å²) in [7, 11) is 0. The molecule has 0 unspecified atom stereocenters. The van der Waals surface area contributed by atoms with Crippen LogP contribution in [0.2, 0.25) is 0 Å². The molecular weight excluding hydrogens is 216 g/mol. The van der Waals surface area contributed by atoms with Crippen molar-refractivity contribution in [2.24, 2.45) is 0 Å². The van der Waals surface area contributed by atoms with E-state index < -0.39 is 0 Å². The molecule has 0 atom stereocenters. The zero-order chi connectivity index (χ0) is 11.6. The molecule has 1 aromatic rings. The molecule has 0 radical (unpaired) electrons. The first-order valence-electron chi connectivity index (χ1n) is 6.23. The normalized spacial score (nSPS) is 18.2. The van der Waals surface area contributed by atoms with Gasteiger partial charge in [0.1, 0.15) is 0 Å². The maximum Gasteiger partial charge on any atom is 0.0798 e. The molecule has 90 valence electrons. The van der Waals surface area contributed by atoms with Gasteiger partial charge < -0.3 is 5.32 Å². The Morgan fingerprint density at radius 2 is 2.06 bits per heavy atom. The van der Waals surface area contributed by atoms with Crippen molar-refractivity contribution in [3.05, 3.63) is 16.1 Å². The highest BCUT2D eigenvalue weighted by molar-refractivity contribution is 7.09. The van der Waals surface area contributed by atoms with Crippen LogP contribution >= 0.6 is 11.3 Å². The smallest absolute Gasteiger partial charge is 0.0798 e. The molecular formula is C13H22N2S. The largest absolute Gasteiger partial charge is 0.309 e. The van der Waals surface area contributed by atoms with Crippen LogP contribution in [-0.4, -0.2) is 11.0 Å². The lowest BCUT2D eigenvalue weighted by Crippen LogP contribution is -2.26. The van der Waals surface area contributed by atoms with E-state index in [1.54, 1.807) is 11.3 Å². The highest BCUT2D eigenvalue weighted by atomic mass is 32.1. The number of thiazole rings is 1. The molecule has 0 amide bonds. The standard InChI is InChI=1S/C13H22N2S/c1-13(2,3)12-11(16-9-15-12)8-14-10-6-4-5-7-10/h9-10,14H,4-8H2,1-3H3. The van der Waals surface area contributed by atoms with Gasteiger partial charge in [0.2, 0.25) is 0 Å². The first kappa shape index (κ1) is 12.1. The summed E-state index contributed by atoms with van der Waals surface area (Å²) in [6.07, 6.45) is 5.49. The van der Waals surface area contributed by atoms with Gasteiger partial charge in [-0.25, -0.2) is 4.98 Å². The second-order valence-corrected chi connectivity index (χ2v) is 6.68. The minimum atomic E-state index is 0.173. The van der Waals surface area contributed by atoms with Gasteiger partial charge in [0.25, 0.3) is 0 Å². The predicted octanol–water partition coefficient (Wildman–Crippen LogP) is 3.47. The van der Waals surface area contributed by atoms with Gasteiger partial charge in [0.05, 0.1) is 11.2 Å². The van der Waals surface area contributed by atoms with Crippen LogP contribution in [0, 0.1) is 0 Å². The van der Waals surface area contributed by atoms with Crippen LogP contribution in [0.15, 0.2) is 5.51 Å². The lowest BCUT2D eigenvalue weighted by atomic mass is 9.91. The summed E-state index contributed by atoms with van der Waals surface area (Å²) in [6.45, 7) is 7.71. The van der Waals surface area contributed by atoms with Crippen molar-refractivity contribution in [2.45, 2.75) is 64.5 Å². The Morgan fingerprint density at radius 3 is 2.69 bits per heavy atom. The van der Waals surface area contributed by atoms with Crippen molar-refractivity contribution in [3.8, 4) is 0 Å².